The van der Waals surface area contributed by atoms with Crippen LogP contribution in [0.2, 0.25) is 0 Å². The van der Waals surface area contributed by atoms with Gasteiger partial charge in [-0.1, -0.05) is 49.4 Å². The van der Waals surface area contributed by atoms with E-state index in [0.29, 0.717) is 6.54 Å². The SMILES string of the molecule is CC[C@@H](CO)N(Cc1ccccc1)Cc1ccc([N+](=O)[O-])cc1. The van der Waals surface area contributed by atoms with Crippen molar-refractivity contribution in [1.82, 2.24) is 4.90 Å². The monoisotopic (exact) mass is 314 g/mol. The molecule has 2 aromatic rings. The first-order valence-corrected chi connectivity index (χ1v) is 7.76. The van der Waals surface area contributed by atoms with Gasteiger partial charge in [-0.3, -0.25) is 15.0 Å². The number of hydrogen-bond donors (Lipinski definition) is 1. The predicted octanol–water partition coefficient (Wildman–Crippen LogP) is 3.37. The minimum Gasteiger partial charge on any atom is -0.395 e. The minimum absolute atomic E-state index is 0.0606. The molecule has 5 nitrogen and oxygen atoms in total. The lowest BCUT2D eigenvalue weighted by Crippen LogP contribution is -2.36. The van der Waals surface area contributed by atoms with Crippen molar-refractivity contribution in [1.29, 1.82) is 0 Å². The van der Waals surface area contributed by atoms with Gasteiger partial charge in [0.1, 0.15) is 0 Å². The maximum Gasteiger partial charge on any atom is 0.269 e. The van der Waals surface area contributed by atoms with Crippen molar-refractivity contribution in [3.8, 4) is 0 Å². The highest BCUT2D eigenvalue weighted by Gasteiger charge is 2.17. The molecule has 0 heterocycles. The largest absolute Gasteiger partial charge is 0.395 e. The maximum atomic E-state index is 10.7. The van der Waals surface area contributed by atoms with Gasteiger partial charge in [-0.05, 0) is 17.5 Å². The van der Waals surface area contributed by atoms with Crippen LogP contribution in [0.15, 0.2) is 54.6 Å². The van der Waals surface area contributed by atoms with Gasteiger partial charge in [-0.25, -0.2) is 0 Å². The van der Waals surface area contributed by atoms with E-state index in [0.717, 1.165) is 18.5 Å². The summed E-state index contributed by atoms with van der Waals surface area (Å²) in [6.07, 6.45) is 0.844. The zero-order chi connectivity index (χ0) is 16.7. The van der Waals surface area contributed by atoms with Crippen LogP contribution in [0.1, 0.15) is 24.5 Å². The summed E-state index contributed by atoms with van der Waals surface area (Å²) in [4.78, 5) is 12.5. The number of nitro benzene ring substituents is 1. The van der Waals surface area contributed by atoms with E-state index in [1.165, 1.54) is 17.7 Å². The molecule has 0 aliphatic rings. The van der Waals surface area contributed by atoms with Crippen LogP contribution in [0.3, 0.4) is 0 Å². The number of non-ortho nitro benzene ring substituents is 1. The molecule has 0 bridgehead atoms. The summed E-state index contributed by atoms with van der Waals surface area (Å²) >= 11 is 0. The number of aliphatic hydroxyl groups is 1. The third-order valence-electron chi connectivity index (χ3n) is 3.96. The molecule has 0 aromatic heterocycles. The summed E-state index contributed by atoms with van der Waals surface area (Å²) in [6.45, 7) is 3.52. The first kappa shape index (κ1) is 17.1. The van der Waals surface area contributed by atoms with E-state index in [2.05, 4.69) is 24.0 Å². The van der Waals surface area contributed by atoms with Crippen LogP contribution >= 0.6 is 0 Å². The number of benzene rings is 2. The van der Waals surface area contributed by atoms with Gasteiger partial charge >= 0.3 is 0 Å². The van der Waals surface area contributed by atoms with Crippen molar-refractivity contribution in [2.75, 3.05) is 6.61 Å². The second kappa shape index (κ2) is 8.41. The average molecular weight is 314 g/mol. The third kappa shape index (κ3) is 4.87. The zero-order valence-corrected chi connectivity index (χ0v) is 13.3. The highest BCUT2D eigenvalue weighted by molar-refractivity contribution is 5.32. The molecule has 122 valence electrons. The predicted molar refractivity (Wildman–Crippen MR) is 90.0 cm³/mol. The van der Waals surface area contributed by atoms with Gasteiger partial charge in [0.15, 0.2) is 0 Å². The van der Waals surface area contributed by atoms with Gasteiger partial charge in [-0.15, -0.1) is 0 Å². The van der Waals surface area contributed by atoms with Crippen molar-refractivity contribution >= 4 is 5.69 Å². The van der Waals surface area contributed by atoms with E-state index in [1.807, 2.05) is 18.2 Å². The molecule has 0 saturated carbocycles. The van der Waals surface area contributed by atoms with Gasteiger partial charge in [0.25, 0.3) is 5.69 Å². The molecule has 5 heteroatoms. The Bertz CT molecular complexity index is 610. The van der Waals surface area contributed by atoms with Crippen molar-refractivity contribution in [2.45, 2.75) is 32.5 Å². The molecule has 0 unspecified atom stereocenters. The summed E-state index contributed by atoms with van der Waals surface area (Å²) in [5, 5.41) is 20.4. The lowest BCUT2D eigenvalue weighted by Gasteiger charge is -2.30. The highest BCUT2D eigenvalue weighted by Crippen LogP contribution is 2.18. The Balaban J connectivity index is 2.15. The molecule has 2 aromatic carbocycles. The molecule has 0 aliphatic heterocycles. The molecule has 0 fully saturated rings. The molecule has 23 heavy (non-hydrogen) atoms. The van der Waals surface area contributed by atoms with E-state index in [4.69, 9.17) is 0 Å². The molecule has 0 aliphatic carbocycles. The molecule has 1 atom stereocenters. The Morgan fingerprint density at radius 1 is 1.04 bits per heavy atom. The Labute approximate surface area is 136 Å². The first-order valence-electron chi connectivity index (χ1n) is 7.76. The van der Waals surface area contributed by atoms with Crippen molar-refractivity contribution in [3.05, 3.63) is 75.8 Å². The van der Waals surface area contributed by atoms with Crippen LogP contribution in [-0.2, 0) is 13.1 Å². The number of aliphatic hydroxyl groups excluding tert-OH is 1. The molecule has 0 spiro atoms. The summed E-state index contributed by atoms with van der Waals surface area (Å²) < 4.78 is 0. The normalized spacial score (nSPS) is 12.3. The molecule has 2 rings (SSSR count). The zero-order valence-electron chi connectivity index (χ0n) is 13.3. The fourth-order valence-electron chi connectivity index (χ4n) is 2.59. The van der Waals surface area contributed by atoms with Crippen molar-refractivity contribution in [2.24, 2.45) is 0 Å². The Morgan fingerprint density at radius 3 is 2.09 bits per heavy atom. The first-order chi connectivity index (χ1) is 11.1. The standard InChI is InChI=1S/C18H22N2O3/c1-2-17(14-21)19(12-15-6-4-3-5-7-15)13-16-8-10-18(11-9-16)20(22)23/h3-11,17,21H,2,12-14H2,1H3/t17-/m0/s1. The summed E-state index contributed by atoms with van der Waals surface area (Å²) in [6, 6.07) is 16.8. The lowest BCUT2D eigenvalue weighted by atomic mass is 10.1. The minimum atomic E-state index is -0.395. The van der Waals surface area contributed by atoms with Crippen LogP contribution in [0.5, 0.6) is 0 Å². The molecule has 0 amide bonds. The molecule has 1 N–H and O–H groups in total. The molecular weight excluding hydrogens is 292 g/mol. The summed E-state index contributed by atoms with van der Waals surface area (Å²) in [5.41, 5.74) is 2.28. The topological polar surface area (TPSA) is 66.6 Å². The molecule has 0 radical (unpaired) electrons. The lowest BCUT2D eigenvalue weighted by molar-refractivity contribution is -0.384. The molecule has 0 saturated heterocycles. The Kier molecular flexibility index (Phi) is 6.26. The third-order valence-corrected chi connectivity index (χ3v) is 3.96. The van der Waals surface area contributed by atoms with Crippen LogP contribution in [0, 0.1) is 10.1 Å². The summed E-state index contributed by atoms with van der Waals surface area (Å²) in [7, 11) is 0. The van der Waals surface area contributed by atoms with Crippen LogP contribution in [0.25, 0.3) is 0 Å². The van der Waals surface area contributed by atoms with E-state index >= 15 is 0 Å². The van der Waals surface area contributed by atoms with Gasteiger partial charge in [0.2, 0.25) is 0 Å². The number of hydrogen-bond acceptors (Lipinski definition) is 4. The fourth-order valence-corrected chi connectivity index (χ4v) is 2.59. The Morgan fingerprint density at radius 2 is 1.61 bits per heavy atom. The van der Waals surface area contributed by atoms with Crippen LogP contribution in [-0.4, -0.2) is 27.6 Å². The van der Waals surface area contributed by atoms with E-state index in [1.54, 1.807) is 12.1 Å². The van der Waals surface area contributed by atoms with Gasteiger partial charge in [0.05, 0.1) is 11.5 Å². The molecular formula is C18H22N2O3. The second-order valence-electron chi connectivity index (χ2n) is 5.56. The number of nitrogens with zero attached hydrogens (tertiary/aromatic N) is 2. The number of nitro groups is 1. The van der Waals surface area contributed by atoms with Crippen LogP contribution in [0.4, 0.5) is 5.69 Å². The van der Waals surface area contributed by atoms with Crippen molar-refractivity contribution < 1.29 is 10.0 Å². The van der Waals surface area contributed by atoms with E-state index in [9.17, 15) is 15.2 Å². The average Bonchev–Trinajstić information content (AvgIpc) is 2.57. The van der Waals surface area contributed by atoms with Gasteiger partial charge in [0, 0.05) is 31.3 Å². The van der Waals surface area contributed by atoms with Gasteiger partial charge < -0.3 is 5.11 Å². The van der Waals surface area contributed by atoms with Gasteiger partial charge in [-0.2, -0.15) is 0 Å². The summed E-state index contributed by atoms with van der Waals surface area (Å²) in [5.74, 6) is 0. The van der Waals surface area contributed by atoms with E-state index < -0.39 is 4.92 Å². The smallest absolute Gasteiger partial charge is 0.269 e. The van der Waals surface area contributed by atoms with E-state index in [-0.39, 0.29) is 18.3 Å². The van der Waals surface area contributed by atoms with Crippen LogP contribution < -0.4 is 0 Å². The fraction of sp³-hybridized carbons (Fsp3) is 0.333. The maximum absolute atomic E-state index is 10.7. The quantitative estimate of drug-likeness (QED) is 0.599. The van der Waals surface area contributed by atoms with Crippen molar-refractivity contribution in [3.63, 3.8) is 0 Å². The second-order valence-corrected chi connectivity index (χ2v) is 5.56. The number of rotatable bonds is 8. The highest BCUT2D eigenvalue weighted by atomic mass is 16.6. The Hall–Kier alpha value is -2.24.